The Balaban J connectivity index is 2.49. The van der Waals surface area contributed by atoms with Crippen LogP contribution in [0.4, 0.5) is 0 Å². The third-order valence-electron chi connectivity index (χ3n) is 3.19. The van der Waals surface area contributed by atoms with Gasteiger partial charge in [-0.05, 0) is 24.1 Å². The van der Waals surface area contributed by atoms with E-state index in [0.717, 1.165) is 18.5 Å². The molecule has 1 heterocycles. The zero-order valence-corrected chi connectivity index (χ0v) is 12.9. The number of carboxylic acid groups (broad SMARTS) is 1. The molecule has 0 bridgehead atoms. The third kappa shape index (κ3) is 3.29. The smallest absolute Gasteiger partial charge is 0.375 e. The van der Waals surface area contributed by atoms with Crippen LogP contribution in [0.1, 0.15) is 56.1 Å². The molecule has 0 aliphatic heterocycles. The summed E-state index contributed by atoms with van der Waals surface area (Å²) in [5.41, 5.74) is 1.81. The van der Waals surface area contributed by atoms with Crippen LogP contribution in [0.15, 0.2) is 24.3 Å². The second-order valence-electron chi connectivity index (χ2n) is 6.14. The lowest BCUT2D eigenvalue weighted by atomic mass is 9.95. The van der Waals surface area contributed by atoms with Gasteiger partial charge in [0.2, 0.25) is 0 Å². The average molecular weight is 287 g/mol. The Morgan fingerprint density at radius 1 is 1.24 bits per heavy atom. The van der Waals surface area contributed by atoms with Gasteiger partial charge in [0.15, 0.2) is 0 Å². The van der Waals surface area contributed by atoms with E-state index in [2.05, 4.69) is 17.0 Å². The third-order valence-corrected chi connectivity index (χ3v) is 3.19. The molecule has 0 unspecified atom stereocenters. The molecule has 0 amide bonds. The summed E-state index contributed by atoms with van der Waals surface area (Å²) in [4.78, 5) is 15.3. The Bertz CT molecular complexity index is 637. The largest absolute Gasteiger partial charge is 0.475 e. The Morgan fingerprint density at radius 3 is 2.33 bits per heavy atom. The first kappa shape index (κ1) is 15.2. The van der Waals surface area contributed by atoms with E-state index >= 15 is 0 Å². The molecular formula is C16H21N3O2. The molecule has 5 heteroatoms. The number of carbonyl (C=O) groups is 1. The van der Waals surface area contributed by atoms with Gasteiger partial charge in [0.05, 0.1) is 5.69 Å². The number of rotatable bonds is 4. The predicted octanol–water partition coefficient (Wildman–Crippen LogP) is 3.22. The number of hydrogen-bond acceptors (Lipinski definition) is 3. The van der Waals surface area contributed by atoms with E-state index < -0.39 is 5.97 Å². The van der Waals surface area contributed by atoms with Crippen LogP contribution in [0.25, 0.3) is 5.69 Å². The Kier molecular flexibility index (Phi) is 4.11. The predicted molar refractivity (Wildman–Crippen MR) is 81.0 cm³/mol. The number of aromatic carboxylic acids is 1. The molecule has 0 saturated carbocycles. The molecule has 21 heavy (non-hydrogen) atoms. The van der Waals surface area contributed by atoms with E-state index in [1.807, 2.05) is 45.0 Å². The standard InChI is InChI=1S/C16H21N3O2/c1-5-6-11-7-9-12(10-8-11)19-15(16(2,3)4)17-13(18-19)14(20)21/h7-10H,5-6H2,1-4H3,(H,20,21). The van der Waals surface area contributed by atoms with E-state index in [-0.39, 0.29) is 11.2 Å². The van der Waals surface area contributed by atoms with Gasteiger partial charge in [-0.1, -0.05) is 46.2 Å². The number of aryl methyl sites for hydroxylation is 1. The second kappa shape index (κ2) is 5.68. The molecule has 0 fully saturated rings. The molecule has 0 aliphatic rings. The van der Waals surface area contributed by atoms with Crippen molar-refractivity contribution in [2.75, 3.05) is 0 Å². The number of benzene rings is 1. The summed E-state index contributed by atoms with van der Waals surface area (Å²) in [6.45, 7) is 8.11. The van der Waals surface area contributed by atoms with Crippen LogP contribution in [0.5, 0.6) is 0 Å². The Morgan fingerprint density at radius 2 is 1.86 bits per heavy atom. The SMILES string of the molecule is CCCc1ccc(-n2nc(C(=O)O)nc2C(C)(C)C)cc1. The van der Waals surface area contributed by atoms with Gasteiger partial charge in [0.25, 0.3) is 5.82 Å². The van der Waals surface area contributed by atoms with Gasteiger partial charge in [-0.25, -0.2) is 14.5 Å². The zero-order chi connectivity index (χ0) is 15.6. The fraction of sp³-hybridized carbons (Fsp3) is 0.438. The molecule has 0 aliphatic carbocycles. The monoisotopic (exact) mass is 287 g/mol. The fourth-order valence-electron chi connectivity index (χ4n) is 2.16. The van der Waals surface area contributed by atoms with Crippen LogP contribution in [-0.2, 0) is 11.8 Å². The molecule has 0 atom stereocenters. The fourth-order valence-corrected chi connectivity index (χ4v) is 2.16. The summed E-state index contributed by atoms with van der Waals surface area (Å²) in [5, 5.41) is 13.2. The van der Waals surface area contributed by atoms with Gasteiger partial charge in [-0.3, -0.25) is 0 Å². The summed E-state index contributed by atoms with van der Waals surface area (Å²) in [5.74, 6) is -0.637. The molecule has 0 radical (unpaired) electrons. The highest BCUT2D eigenvalue weighted by atomic mass is 16.4. The first-order chi connectivity index (χ1) is 9.82. The van der Waals surface area contributed by atoms with Gasteiger partial charge >= 0.3 is 5.97 Å². The Hall–Kier alpha value is -2.17. The maximum Gasteiger partial charge on any atom is 0.375 e. The van der Waals surface area contributed by atoms with Crippen LogP contribution in [0, 0.1) is 0 Å². The quantitative estimate of drug-likeness (QED) is 0.937. The molecule has 5 nitrogen and oxygen atoms in total. The lowest BCUT2D eigenvalue weighted by molar-refractivity contribution is 0.0683. The van der Waals surface area contributed by atoms with Crippen molar-refractivity contribution in [3.63, 3.8) is 0 Å². The molecule has 1 aromatic carbocycles. The van der Waals surface area contributed by atoms with Crippen molar-refractivity contribution >= 4 is 5.97 Å². The van der Waals surface area contributed by atoms with E-state index in [1.165, 1.54) is 5.56 Å². The summed E-state index contributed by atoms with van der Waals surface area (Å²) in [6.07, 6.45) is 2.13. The number of nitrogens with zero attached hydrogens (tertiary/aromatic N) is 3. The first-order valence-electron chi connectivity index (χ1n) is 7.13. The molecule has 2 rings (SSSR count). The maximum absolute atomic E-state index is 11.1. The number of aromatic nitrogens is 3. The molecule has 0 saturated heterocycles. The van der Waals surface area contributed by atoms with E-state index in [9.17, 15) is 4.79 Å². The zero-order valence-electron chi connectivity index (χ0n) is 12.9. The molecule has 1 N–H and O–H groups in total. The van der Waals surface area contributed by atoms with Crippen molar-refractivity contribution in [3.8, 4) is 5.69 Å². The molecule has 0 spiro atoms. The van der Waals surface area contributed by atoms with Gasteiger partial charge < -0.3 is 5.11 Å². The van der Waals surface area contributed by atoms with Crippen LogP contribution < -0.4 is 0 Å². The average Bonchev–Trinajstić information content (AvgIpc) is 2.85. The van der Waals surface area contributed by atoms with Crippen molar-refractivity contribution in [1.29, 1.82) is 0 Å². The second-order valence-corrected chi connectivity index (χ2v) is 6.14. The van der Waals surface area contributed by atoms with Gasteiger partial charge in [-0.15, -0.1) is 5.10 Å². The molecule has 1 aromatic heterocycles. The van der Waals surface area contributed by atoms with Crippen LogP contribution in [-0.4, -0.2) is 25.8 Å². The molecule has 112 valence electrons. The minimum absolute atomic E-state index is 0.169. The van der Waals surface area contributed by atoms with Crippen LogP contribution >= 0.6 is 0 Å². The number of carboxylic acids is 1. The first-order valence-corrected chi connectivity index (χ1v) is 7.13. The Labute approximate surface area is 124 Å². The maximum atomic E-state index is 11.1. The van der Waals surface area contributed by atoms with Crippen molar-refractivity contribution in [1.82, 2.24) is 14.8 Å². The number of hydrogen-bond donors (Lipinski definition) is 1. The lowest BCUT2D eigenvalue weighted by Gasteiger charge is -2.18. The highest BCUT2D eigenvalue weighted by molar-refractivity contribution is 5.83. The molecular weight excluding hydrogens is 266 g/mol. The summed E-state index contributed by atoms with van der Waals surface area (Å²) >= 11 is 0. The van der Waals surface area contributed by atoms with Crippen molar-refractivity contribution in [2.45, 2.75) is 46.0 Å². The van der Waals surface area contributed by atoms with Crippen molar-refractivity contribution < 1.29 is 9.90 Å². The van der Waals surface area contributed by atoms with E-state index in [0.29, 0.717) is 5.82 Å². The minimum Gasteiger partial charge on any atom is -0.475 e. The van der Waals surface area contributed by atoms with Gasteiger partial charge in [0.1, 0.15) is 5.82 Å². The molecule has 2 aromatic rings. The van der Waals surface area contributed by atoms with Gasteiger partial charge in [0, 0.05) is 5.41 Å². The van der Waals surface area contributed by atoms with Crippen molar-refractivity contribution in [2.24, 2.45) is 0 Å². The normalized spacial score (nSPS) is 11.6. The summed E-state index contributed by atoms with van der Waals surface area (Å²) in [7, 11) is 0. The highest BCUT2D eigenvalue weighted by Crippen LogP contribution is 2.23. The summed E-state index contributed by atoms with van der Waals surface area (Å²) < 4.78 is 1.62. The lowest BCUT2D eigenvalue weighted by Crippen LogP contribution is -2.18. The van der Waals surface area contributed by atoms with E-state index in [4.69, 9.17) is 5.11 Å². The van der Waals surface area contributed by atoms with Crippen LogP contribution in [0.2, 0.25) is 0 Å². The van der Waals surface area contributed by atoms with E-state index in [1.54, 1.807) is 4.68 Å². The van der Waals surface area contributed by atoms with Gasteiger partial charge in [-0.2, -0.15) is 0 Å². The summed E-state index contributed by atoms with van der Waals surface area (Å²) in [6, 6.07) is 8.02. The minimum atomic E-state index is -1.11. The topological polar surface area (TPSA) is 68.0 Å². The van der Waals surface area contributed by atoms with Crippen LogP contribution in [0.3, 0.4) is 0 Å². The van der Waals surface area contributed by atoms with Crippen molar-refractivity contribution in [3.05, 3.63) is 41.5 Å². The highest BCUT2D eigenvalue weighted by Gasteiger charge is 2.25.